The number of aromatic nitrogens is 1. The van der Waals surface area contributed by atoms with Gasteiger partial charge >= 0.3 is 0 Å². The summed E-state index contributed by atoms with van der Waals surface area (Å²) in [4.78, 5) is 2.47. The molecule has 0 saturated heterocycles. The average molecular weight is 763 g/mol. The third-order valence-corrected chi connectivity index (χ3v) is 12.3. The van der Waals surface area contributed by atoms with E-state index in [-0.39, 0.29) is 0 Å². The zero-order chi connectivity index (χ0) is 39.6. The SMILES string of the molecule is c1ccc(-c2c(-c3ccccc3)c3cc(N(c4ccc5c(c4)c4ccccc4n5-c4cccc5ccccc45)c4cccc5ccccc45)ccc3c3ccccc23)cc1. The number of benzene rings is 11. The van der Waals surface area contributed by atoms with E-state index in [9.17, 15) is 0 Å². The van der Waals surface area contributed by atoms with E-state index < -0.39 is 0 Å². The summed E-state index contributed by atoms with van der Waals surface area (Å²) >= 11 is 0. The minimum atomic E-state index is 1.10. The summed E-state index contributed by atoms with van der Waals surface area (Å²) in [7, 11) is 0. The molecule has 280 valence electrons. The summed E-state index contributed by atoms with van der Waals surface area (Å²) in [5.41, 5.74) is 11.8. The predicted molar refractivity (Wildman–Crippen MR) is 256 cm³/mol. The number of nitrogens with zero attached hydrogens (tertiary/aromatic N) is 2. The Bertz CT molecular complexity index is 3590. The Kier molecular flexibility index (Phi) is 7.89. The van der Waals surface area contributed by atoms with E-state index in [1.165, 1.54) is 92.8 Å². The topological polar surface area (TPSA) is 8.17 Å². The Morgan fingerprint density at radius 2 is 0.767 bits per heavy atom. The van der Waals surface area contributed by atoms with Crippen LogP contribution in [0.1, 0.15) is 0 Å². The van der Waals surface area contributed by atoms with Gasteiger partial charge in [-0.15, -0.1) is 0 Å². The van der Waals surface area contributed by atoms with E-state index in [0.29, 0.717) is 0 Å². The first kappa shape index (κ1) is 34.1. The molecule has 0 saturated carbocycles. The lowest BCUT2D eigenvalue weighted by Gasteiger charge is -2.28. The first-order valence-electron chi connectivity index (χ1n) is 20.7. The van der Waals surface area contributed by atoms with E-state index in [2.05, 4.69) is 240 Å². The number of fused-ring (bicyclic) bond motifs is 8. The number of hydrogen-bond acceptors (Lipinski definition) is 1. The molecule has 0 atom stereocenters. The summed E-state index contributed by atoms with van der Waals surface area (Å²) in [6.07, 6.45) is 0. The Hall–Kier alpha value is -7.94. The second-order valence-electron chi connectivity index (χ2n) is 15.6. The molecule has 0 radical (unpaired) electrons. The largest absolute Gasteiger partial charge is 0.310 e. The van der Waals surface area contributed by atoms with Crippen LogP contribution in [-0.4, -0.2) is 4.57 Å². The lowest BCUT2D eigenvalue weighted by Crippen LogP contribution is -2.10. The minimum absolute atomic E-state index is 1.10. The van der Waals surface area contributed by atoms with E-state index in [4.69, 9.17) is 0 Å². The van der Waals surface area contributed by atoms with Crippen LogP contribution in [0, 0.1) is 0 Å². The molecule has 0 aliphatic rings. The molecule has 2 nitrogen and oxygen atoms in total. The van der Waals surface area contributed by atoms with Crippen LogP contribution in [0.3, 0.4) is 0 Å². The lowest BCUT2D eigenvalue weighted by molar-refractivity contribution is 1.20. The van der Waals surface area contributed by atoms with Crippen LogP contribution in [-0.2, 0) is 0 Å². The molecule has 0 amide bonds. The molecule has 1 heterocycles. The standard InChI is InChI=1S/C58H38N2/c1-3-19-41(20-4-1)57-50-29-12-11-27-47(50)48-35-33-43(38-52(48)58(57)42-21-5-2-6-22-42)59(53-31-15-23-39-17-7-9-25-45(39)53)44-34-36-56-51(37-44)49-28-13-14-30-55(49)60(56)54-32-16-24-40-18-8-10-26-46(40)54/h1-38H. The van der Waals surface area contributed by atoms with Crippen molar-refractivity contribution in [2.75, 3.05) is 4.90 Å². The molecule has 0 aliphatic carbocycles. The van der Waals surface area contributed by atoms with Gasteiger partial charge < -0.3 is 9.47 Å². The highest BCUT2D eigenvalue weighted by Gasteiger charge is 2.23. The van der Waals surface area contributed by atoms with Gasteiger partial charge in [0.15, 0.2) is 0 Å². The monoisotopic (exact) mass is 762 g/mol. The van der Waals surface area contributed by atoms with Crippen molar-refractivity contribution < 1.29 is 0 Å². The van der Waals surface area contributed by atoms with E-state index in [1.807, 2.05) is 0 Å². The fraction of sp³-hybridized carbons (Fsp3) is 0. The maximum Gasteiger partial charge on any atom is 0.0542 e. The quantitative estimate of drug-likeness (QED) is 0.153. The second-order valence-corrected chi connectivity index (χ2v) is 15.6. The Balaban J connectivity index is 1.17. The van der Waals surface area contributed by atoms with Crippen LogP contribution in [0.15, 0.2) is 231 Å². The summed E-state index contributed by atoms with van der Waals surface area (Å²) in [5.74, 6) is 0. The molecule has 0 aliphatic heterocycles. The van der Waals surface area contributed by atoms with Gasteiger partial charge in [-0.05, 0) is 103 Å². The summed E-state index contributed by atoms with van der Waals surface area (Å²) < 4.78 is 2.44. The molecule has 0 bridgehead atoms. The molecular weight excluding hydrogens is 725 g/mol. The molecule has 0 fully saturated rings. The van der Waals surface area contributed by atoms with Gasteiger partial charge in [0, 0.05) is 32.9 Å². The Morgan fingerprint density at radius 1 is 0.283 bits per heavy atom. The maximum absolute atomic E-state index is 2.47. The van der Waals surface area contributed by atoms with Gasteiger partial charge in [-0.3, -0.25) is 0 Å². The third kappa shape index (κ3) is 5.35. The Morgan fingerprint density at radius 3 is 1.50 bits per heavy atom. The van der Waals surface area contributed by atoms with Crippen LogP contribution in [0.25, 0.3) is 92.8 Å². The molecule has 1 aromatic heterocycles. The van der Waals surface area contributed by atoms with Gasteiger partial charge in [-0.1, -0.05) is 182 Å². The van der Waals surface area contributed by atoms with Gasteiger partial charge in [0.25, 0.3) is 0 Å². The average Bonchev–Trinajstić information content (AvgIpc) is 3.65. The number of anilines is 3. The zero-order valence-corrected chi connectivity index (χ0v) is 32.8. The van der Waals surface area contributed by atoms with Crippen molar-refractivity contribution in [2.45, 2.75) is 0 Å². The zero-order valence-electron chi connectivity index (χ0n) is 32.8. The highest BCUT2D eigenvalue weighted by molar-refractivity contribution is 6.22. The summed E-state index contributed by atoms with van der Waals surface area (Å²) in [6, 6.07) is 84.4. The smallest absolute Gasteiger partial charge is 0.0542 e. The van der Waals surface area contributed by atoms with Crippen molar-refractivity contribution in [1.29, 1.82) is 0 Å². The van der Waals surface area contributed by atoms with Crippen LogP contribution < -0.4 is 4.90 Å². The van der Waals surface area contributed by atoms with Gasteiger partial charge in [0.1, 0.15) is 0 Å². The molecule has 0 spiro atoms. The molecule has 0 N–H and O–H groups in total. The van der Waals surface area contributed by atoms with Crippen molar-refractivity contribution in [2.24, 2.45) is 0 Å². The summed E-state index contributed by atoms with van der Waals surface area (Å²) in [5, 5.41) is 12.3. The van der Waals surface area contributed by atoms with Crippen LogP contribution in [0.4, 0.5) is 17.1 Å². The van der Waals surface area contributed by atoms with Crippen molar-refractivity contribution in [1.82, 2.24) is 4.57 Å². The lowest BCUT2D eigenvalue weighted by atomic mass is 9.85. The first-order valence-corrected chi connectivity index (χ1v) is 20.7. The van der Waals surface area contributed by atoms with Gasteiger partial charge in [-0.25, -0.2) is 0 Å². The van der Waals surface area contributed by atoms with Crippen LogP contribution in [0.5, 0.6) is 0 Å². The van der Waals surface area contributed by atoms with E-state index in [1.54, 1.807) is 0 Å². The fourth-order valence-electron chi connectivity index (χ4n) is 9.72. The second kappa shape index (κ2) is 13.9. The van der Waals surface area contributed by atoms with Gasteiger partial charge in [0.2, 0.25) is 0 Å². The van der Waals surface area contributed by atoms with Gasteiger partial charge in [-0.2, -0.15) is 0 Å². The molecule has 12 rings (SSSR count). The highest BCUT2D eigenvalue weighted by atomic mass is 15.1. The fourth-order valence-corrected chi connectivity index (χ4v) is 9.72. The van der Waals surface area contributed by atoms with Crippen LogP contribution in [0.2, 0.25) is 0 Å². The first-order chi connectivity index (χ1) is 29.8. The summed E-state index contributed by atoms with van der Waals surface area (Å²) in [6.45, 7) is 0. The number of rotatable bonds is 6. The molecule has 2 heteroatoms. The van der Waals surface area contributed by atoms with Gasteiger partial charge in [0.05, 0.1) is 22.4 Å². The van der Waals surface area contributed by atoms with E-state index >= 15 is 0 Å². The van der Waals surface area contributed by atoms with Crippen molar-refractivity contribution >= 4 is 82.0 Å². The maximum atomic E-state index is 2.47. The number of para-hydroxylation sites is 1. The predicted octanol–water partition coefficient (Wildman–Crippen LogP) is 16.2. The molecule has 11 aromatic carbocycles. The molecular formula is C58H38N2. The van der Waals surface area contributed by atoms with Crippen molar-refractivity contribution in [3.05, 3.63) is 231 Å². The van der Waals surface area contributed by atoms with Crippen LogP contribution >= 0.6 is 0 Å². The number of hydrogen-bond donors (Lipinski definition) is 0. The van der Waals surface area contributed by atoms with E-state index in [0.717, 1.165) is 17.1 Å². The molecule has 60 heavy (non-hydrogen) atoms. The highest BCUT2D eigenvalue weighted by Crippen LogP contribution is 2.48. The normalized spacial score (nSPS) is 11.7. The third-order valence-electron chi connectivity index (χ3n) is 12.3. The van der Waals surface area contributed by atoms with Crippen molar-refractivity contribution in [3.63, 3.8) is 0 Å². The molecule has 0 unspecified atom stereocenters. The van der Waals surface area contributed by atoms with Crippen molar-refractivity contribution in [3.8, 4) is 27.9 Å². The Labute approximate surface area is 348 Å². The molecule has 12 aromatic rings. The minimum Gasteiger partial charge on any atom is -0.310 e.